The highest BCUT2D eigenvalue weighted by Crippen LogP contribution is 2.24. The summed E-state index contributed by atoms with van der Waals surface area (Å²) < 4.78 is 16.1. The van der Waals surface area contributed by atoms with E-state index in [1.165, 1.54) is 0 Å². The molecule has 0 saturated heterocycles. The van der Waals surface area contributed by atoms with Crippen molar-refractivity contribution in [2.75, 3.05) is 41.0 Å². The van der Waals surface area contributed by atoms with Crippen LogP contribution in [0.3, 0.4) is 0 Å². The summed E-state index contributed by atoms with van der Waals surface area (Å²) in [5, 5.41) is 6.59. The molecule has 0 saturated carbocycles. The summed E-state index contributed by atoms with van der Waals surface area (Å²) in [6.07, 6.45) is 0.804. The molecule has 136 valence electrons. The lowest BCUT2D eigenvalue weighted by atomic mass is 10.1. The first-order valence-corrected chi connectivity index (χ1v) is 8.24. The van der Waals surface area contributed by atoms with Crippen molar-refractivity contribution in [2.24, 2.45) is 4.99 Å². The Morgan fingerprint density at radius 3 is 2.46 bits per heavy atom. The van der Waals surface area contributed by atoms with Gasteiger partial charge in [-0.1, -0.05) is 0 Å². The molecule has 6 heteroatoms. The van der Waals surface area contributed by atoms with Crippen molar-refractivity contribution in [3.8, 4) is 11.5 Å². The standard InChI is InChI=1S/C18H31N3O3/c1-7-19-17(21-13-18(2,3)24-6)20-11-10-14-12-15(22-4)8-9-16(14)23-5/h8-9,12H,7,10-11,13H2,1-6H3,(H2,19,20,21). The van der Waals surface area contributed by atoms with Crippen molar-refractivity contribution in [2.45, 2.75) is 32.8 Å². The van der Waals surface area contributed by atoms with E-state index in [1.807, 2.05) is 39.0 Å². The Bertz CT molecular complexity index is 530. The minimum Gasteiger partial charge on any atom is -0.497 e. The molecule has 0 heterocycles. The lowest BCUT2D eigenvalue weighted by Crippen LogP contribution is -2.40. The third-order valence-corrected chi connectivity index (χ3v) is 3.69. The van der Waals surface area contributed by atoms with Crippen molar-refractivity contribution in [1.29, 1.82) is 0 Å². The molecule has 0 bridgehead atoms. The smallest absolute Gasteiger partial charge is 0.191 e. The second-order valence-corrected chi connectivity index (χ2v) is 6.01. The van der Waals surface area contributed by atoms with Gasteiger partial charge in [-0.25, -0.2) is 0 Å². The van der Waals surface area contributed by atoms with Gasteiger partial charge in [0.25, 0.3) is 0 Å². The van der Waals surface area contributed by atoms with Gasteiger partial charge in [-0.3, -0.25) is 4.99 Å². The zero-order valence-corrected chi connectivity index (χ0v) is 15.7. The van der Waals surface area contributed by atoms with Gasteiger partial charge >= 0.3 is 0 Å². The molecular weight excluding hydrogens is 306 g/mol. The zero-order valence-electron chi connectivity index (χ0n) is 15.7. The number of aliphatic imine (C=N–C) groups is 1. The van der Waals surface area contributed by atoms with Crippen LogP contribution in [0.2, 0.25) is 0 Å². The van der Waals surface area contributed by atoms with Gasteiger partial charge in [-0.05, 0) is 51.0 Å². The van der Waals surface area contributed by atoms with Crippen molar-refractivity contribution >= 4 is 5.96 Å². The van der Waals surface area contributed by atoms with E-state index in [2.05, 4.69) is 15.6 Å². The third kappa shape index (κ3) is 6.66. The van der Waals surface area contributed by atoms with E-state index in [9.17, 15) is 0 Å². The fourth-order valence-corrected chi connectivity index (χ4v) is 2.07. The molecule has 0 spiro atoms. The lowest BCUT2D eigenvalue weighted by Gasteiger charge is -2.21. The van der Waals surface area contributed by atoms with Crippen LogP contribution in [0.1, 0.15) is 26.3 Å². The predicted molar refractivity (Wildman–Crippen MR) is 98.3 cm³/mol. The summed E-state index contributed by atoms with van der Waals surface area (Å²) in [6.45, 7) is 8.21. The van der Waals surface area contributed by atoms with Gasteiger partial charge < -0.3 is 24.8 Å². The maximum Gasteiger partial charge on any atom is 0.191 e. The van der Waals surface area contributed by atoms with Gasteiger partial charge in [0.15, 0.2) is 5.96 Å². The Morgan fingerprint density at radius 2 is 1.88 bits per heavy atom. The second kappa shape index (κ2) is 10.0. The van der Waals surface area contributed by atoms with E-state index in [-0.39, 0.29) is 5.60 Å². The largest absolute Gasteiger partial charge is 0.497 e. The number of benzene rings is 1. The number of hydrogen-bond acceptors (Lipinski definition) is 4. The SMILES string of the molecule is CCNC(=NCC(C)(C)OC)NCCc1cc(OC)ccc1OC. The normalized spacial score (nSPS) is 12.0. The van der Waals surface area contributed by atoms with E-state index >= 15 is 0 Å². The van der Waals surface area contributed by atoms with Gasteiger partial charge in [0.1, 0.15) is 11.5 Å². The molecule has 0 unspecified atom stereocenters. The maximum absolute atomic E-state index is 5.41. The molecule has 24 heavy (non-hydrogen) atoms. The van der Waals surface area contributed by atoms with Crippen LogP contribution in [0.5, 0.6) is 11.5 Å². The fraction of sp³-hybridized carbons (Fsp3) is 0.611. The minimum atomic E-state index is -0.279. The van der Waals surface area contributed by atoms with Crippen LogP contribution in [-0.2, 0) is 11.2 Å². The minimum absolute atomic E-state index is 0.279. The van der Waals surface area contributed by atoms with Gasteiger partial charge in [0, 0.05) is 20.2 Å². The van der Waals surface area contributed by atoms with E-state index in [1.54, 1.807) is 21.3 Å². The molecule has 0 aliphatic rings. The summed E-state index contributed by atoms with van der Waals surface area (Å²) in [5.74, 6) is 2.47. The topological polar surface area (TPSA) is 64.1 Å². The number of guanidine groups is 1. The molecule has 0 amide bonds. The fourth-order valence-electron chi connectivity index (χ4n) is 2.07. The van der Waals surface area contributed by atoms with Crippen LogP contribution < -0.4 is 20.1 Å². The first-order chi connectivity index (χ1) is 11.5. The second-order valence-electron chi connectivity index (χ2n) is 6.01. The third-order valence-electron chi connectivity index (χ3n) is 3.69. The molecule has 0 aliphatic carbocycles. The number of nitrogens with one attached hydrogen (secondary N) is 2. The summed E-state index contributed by atoms with van der Waals surface area (Å²) in [6, 6.07) is 5.82. The van der Waals surface area contributed by atoms with Crippen molar-refractivity contribution < 1.29 is 14.2 Å². The summed E-state index contributed by atoms with van der Waals surface area (Å²) in [4.78, 5) is 4.58. The summed E-state index contributed by atoms with van der Waals surface area (Å²) >= 11 is 0. The summed E-state index contributed by atoms with van der Waals surface area (Å²) in [5.41, 5.74) is 0.815. The Morgan fingerprint density at radius 1 is 1.12 bits per heavy atom. The van der Waals surface area contributed by atoms with E-state index in [4.69, 9.17) is 14.2 Å². The quantitative estimate of drug-likeness (QED) is 0.534. The van der Waals surface area contributed by atoms with Crippen LogP contribution in [0.25, 0.3) is 0 Å². The van der Waals surface area contributed by atoms with Gasteiger partial charge in [0.05, 0.1) is 26.4 Å². The molecule has 6 nitrogen and oxygen atoms in total. The molecule has 0 radical (unpaired) electrons. The lowest BCUT2D eigenvalue weighted by molar-refractivity contribution is 0.0310. The number of rotatable bonds is 9. The van der Waals surface area contributed by atoms with Crippen LogP contribution in [0.4, 0.5) is 0 Å². The van der Waals surface area contributed by atoms with Crippen molar-refractivity contribution in [1.82, 2.24) is 10.6 Å². The van der Waals surface area contributed by atoms with Crippen molar-refractivity contribution in [3.63, 3.8) is 0 Å². The molecule has 1 rings (SSSR count). The maximum atomic E-state index is 5.41. The zero-order chi connectivity index (χ0) is 18.0. The van der Waals surface area contributed by atoms with Crippen LogP contribution >= 0.6 is 0 Å². The Labute approximate surface area is 145 Å². The molecule has 2 N–H and O–H groups in total. The molecule has 0 aromatic heterocycles. The predicted octanol–water partition coefficient (Wildman–Crippen LogP) is 2.23. The molecule has 1 aromatic carbocycles. The van der Waals surface area contributed by atoms with Crippen LogP contribution in [0, 0.1) is 0 Å². The number of methoxy groups -OCH3 is 3. The summed E-state index contributed by atoms with van der Waals surface area (Å²) in [7, 11) is 5.04. The molecule has 0 atom stereocenters. The van der Waals surface area contributed by atoms with Gasteiger partial charge in [-0.2, -0.15) is 0 Å². The first-order valence-electron chi connectivity index (χ1n) is 8.24. The van der Waals surface area contributed by atoms with Gasteiger partial charge in [0.2, 0.25) is 0 Å². The average Bonchev–Trinajstić information content (AvgIpc) is 2.59. The molecule has 0 aliphatic heterocycles. The molecule has 0 fully saturated rings. The highest BCUT2D eigenvalue weighted by Gasteiger charge is 2.15. The Hall–Kier alpha value is -1.95. The van der Waals surface area contributed by atoms with E-state index in [0.29, 0.717) is 6.54 Å². The first kappa shape index (κ1) is 20.1. The monoisotopic (exact) mass is 337 g/mol. The van der Waals surface area contributed by atoms with Crippen LogP contribution in [0.15, 0.2) is 23.2 Å². The number of nitrogens with zero attached hydrogens (tertiary/aromatic N) is 1. The number of hydrogen-bond donors (Lipinski definition) is 2. The Kier molecular flexibility index (Phi) is 8.40. The molecule has 1 aromatic rings. The van der Waals surface area contributed by atoms with Gasteiger partial charge in [-0.15, -0.1) is 0 Å². The van der Waals surface area contributed by atoms with Crippen LogP contribution in [-0.4, -0.2) is 52.5 Å². The number of ether oxygens (including phenoxy) is 3. The van der Waals surface area contributed by atoms with E-state index in [0.717, 1.165) is 42.5 Å². The van der Waals surface area contributed by atoms with Crippen molar-refractivity contribution in [3.05, 3.63) is 23.8 Å². The highest BCUT2D eigenvalue weighted by molar-refractivity contribution is 5.79. The highest BCUT2D eigenvalue weighted by atomic mass is 16.5. The average molecular weight is 337 g/mol. The molecular formula is C18H31N3O3. The Balaban J connectivity index is 2.67. The van der Waals surface area contributed by atoms with E-state index < -0.39 is 0 Å².